The number of carbonyl (C=O) groups is 3. The van der Waals surface area contributed by atoms with Crippen molar-refractivity contribution in [3.8, 4) is 16.9 Å². The van der Waals surface area contributed by atoms with E-state index in [1.54, 1.807) is 13.8 Å². The molecule has 0 radical (unpaired) electrons. The van der Waals surface area contributed by atoms with E-state index in [2.05, 4.69) is 32.9 Å². The third kappa shape index (κ3) is 3.61. The van der Waals surface area contributed by atoms with Gasteiger partial charge in [0.15, 0.2) is 11.4 Å². The van der Waals surface area contributed by atoms with Crippen LogP contribution < -0.4 is 0 Å². The Morgan fingerprint density at radius 1 is 0.923 bits per heavy atom. The molecule has 0 bridgehead atoms. The summed E-state index contributed by atoms with van der Waals surface area (Å²) in [6.45, 7) is 13.0. The van der Waals surface area contributed by atoms with Crippen LogP contribution >= 0.6 is 0 Å². The molecule has 2 aromatic rings. The first kappa shape index (κ1) is 27.1. The van der Waals surface area contributed by atoms with E-state index in [1.807, 2.05) is 25.1 Å². The standard InChI is InChI=1S/C33H36O6/c1-17-14-32(7)16-31(6)15-22-21(19-8-10-20(11-9-19)30(3,4)5)12-13-23(35)25(22)27(36)26(31)29(38)33(32,39)28(37)24(17)18(2)34/h8-13,35-36,39H,14-16H2,1-7H3/t31-,32+,33+/m1/s1. The van der Waals surface area contributed by atoms with Gasteiger partial charge in [-0.2, -0.15) is 0 Å². The highest BCUT2D eigenvalue weighted by Gasteiger charge is 2.69. The predicted molar refractivity (Wildman–Crippen MR) is 149 cm³/mol. The van der Waals surface area contributed by atoms with Gasteiger partial charge in [-0.1, -0.05) is 70.5 Å². The largest absolute Gasteiger partial charge is 0.507 e. The van der Waals surface area contributed by atoms with Gasteiger partial charge in [0.2, 0.25) is 11.6 Å². The number of carbonyl (C=O) groups excluding carboxylic acids is 3. The number of phenolic OH excluding ortho intramolecular Hbond substituents is 1. The lowest BCUT2D eigenvalue weighted by Crippen LogP contribution is -2.67. The molecule has 3 aliphatic rings. The lowest BCUT2D eigenvalue weighted by Gasteiger charge is -2.56. The van der Waals surface area contributed by atoms with Crippen molar-refractivity contribution >= 4 is 23.1 Å². The number of hydrogen-bond donors (Lipinski definition) is 3. The summed E-state index contributed by atoms with van der Waals surface area (Å²) in [7, 11) is 0. The topological polar surface area (TPSA) is 112 Å². The summed E-state index contributed by atoms with van der Waals surface area (Å²) in [5, 5.41) is 34.3. The summed E-state index contributed by atoms with van der Waals surface area (Å²) in [6, 6.07) is 11.5. The van der Waals surface area contributed by atoms with Crippen LogP contribution in [0.3, 0.4) is 0 Å². The normalized spacial score (nSPS) is 28.7. The highest BCUT2D eigenvalue weighted by molar-refractivity contribution is 6.33. The van der Waals surface area contributed by atoms with Crippen molar-refractivity contribution in [2.45, 2.75) is 78.7 Å². The quantitative estimate of drug-likeness (QED) is 0.337. The van der Waals surface area contributed by atoms with Crippen molar-refractivity contribution in [1.82, 2.24) is 0 Å². The van der Waals surface area contributed by atoms with Crippen molar-refractivity contribution in [1.29, 1.82) is 0 Å². The Balaban J connectivity index is 1.72. The number of hydrogen-bond acceptors (Lipinski definition) is 6. The molecule has 0 unspecified atom stereocenters. The van der Waals surface area contributed by atoms with Crippen LogP contribution in [0.5, 0.6) is 5.75 Å². The molecule has 0 saturated heterocycles. The second-order valence-electron chi connectivity index (χ2n) is 13.3. The Kier molecular flexibility index (Phi) is 5.72. The van der Waals surface area contributed by atoms with Crippen molar-refractivity contribution < 1.29 is 29.7 Å². The van der Waals surface area contributed by atoms with Crippen molar-refractivity contribution in [2.24, 2.45) is 10.8 Å². The number of fused-ring (bicyclic) bond motifs is 3. The molecule has 2 aromatic carbocycles. The average molecular weight is 529 g/mol. The summed E-state index contributed by atoms with van der Waals surface area (Å²) in [5.74, 6) is -2.90. The molecule has 3 N–H and O–H groups in total. The second kappa shape index (κ2) is 8.25. The summed E-state index contributed by atoms with van der Waals surface area (Å²) < 4.78 is 0. The first-order valence-corrected chi connectivity index (χ1v) is 13.4. The number of aliphatic hydroxyl groups excluding tert-OH is 1. The zero-order valence-corrected chi connectivity index (χ0v) is 23.7. The van der Waals surface area contributed by atoms with Crippen LogP contribution in [0.25, 0.3) is 16.9 Å². The van der Waals surface area contributed by atoms with Crippen molar-refractivity contribution in [3.05, 3.63) is 69.8 Å². The highest BCUT2D eigenvalue weighted by Crippen LogP contribution is 2.62. The Labute approximate surface area is 229 Å². The Morgan fingerprint density at radius 3 is 2.10 bits per heavy atom. The summed E-state index contributed by atoms with van der Waals surface area (Å²) in [5.41, 5.74) is -0.467. The molecule has 0 spiro atoms. The number of aromatic hydroxyl groups is 1. The molecule has 0 aromatic heterocycles. The fourth-order valence-electron chi connectivity index (χ4n) is 7.45. The molecule has 6 nitrogen and oxygen atoms in total. The SMILES string of the molecule is CC(=O)C1=C(C)C[C@@]2(C)C[C@@]3(C)Cc4c(-c5ccc(C(C)(C)C)cc5)ccc(O)c4C(O)=C3C(=O)[C@@]2(O)C1=O. The number of ketones is 3. The maximum absolute atomic E-state index is 14.1. The zero-order chi connectivity index (χ0) is 28.9. The van der Waals surface area contributed by atoms with Gasteiger partial charge in [0.1, 0.15) is 11.5 Å². The fraction of sp³-hybridized carbons (Fsp3) is 0.424. The van der Waals surface area contributed by atoms with E-state index < -0.39 is 39.5 Å². The first-order chi connectivity index (χ1) is 18.0. The average Bonchev–Trinajstić information content (AvgIpc) is 2.80. The van der Waals surface area contributed by atoms with Gasteiger partial charge < -0.3 is 15.3 Å². The van der Waals surface area contributed by atoms with Gasteiger partial charge in [0.05, 0.1) is 11.1 Å². The molecule has 5 rings (SSSR count). The van der Waals surface area contributed by atoms with Crippen LogP contribution in [0.15, 0.2) is 53.1 Å². The lowest BCUT2D eigenvalue weighted by atomic mass is 9.46. The lowest BCUT2D eigenvalue weighted by molar-refractivity contribution is -0.171. The van der Waals surface area contributed by atoms with E-state index in [4.69, 9.17) is 0 Å². The smallest absolute Gasteiger partial charge is 0.206 e. The number of phenols is 1. The molecule has 1 saturated carbocycles. The zero-order valence-electron chi connectivity index (χ0n) is 23.7. The van der Waals surface area contributed by atoms with E-state index in [0.29, 0.717) is 17.6 Å². The molecule has 3 aliphatic carbocycles. The maximum atomic E-state index is 14.1. The number of allylic oxidation sites excluding steroid dienone is 1. The van der Waals surface area contributed by atoms with Crippen LogP contribution in [0.4, 0.5) is 0 Å². The predicted octanol–water partition coefficient (Wildman–Crippen LogP) is 5.78. The van der Waals surface area contributed by atoms with Gasteiger partial charge in [-0.25, -0.2) is 0 Å². The van der Waals surface area contributed by atoms with Gasteiger partial charge in [-0.05, 0) is 66.8 Å². The van der Waals surface area contributed by atoms with Gasteiger partial charge in [-0.3, -0.25) is 14.4 Å². The van der Waals surface area contributed by atoms with Crippen LogP contribution in [-0.2, 0) is 26.2 Å². The molecule has 6 heteroatoms. The number of benzene rings is 2. The minimum Gasteiger partial charge on any atom is -0.507 e. The Bertz CT molecular complexity index is 1530. The molecule has 3 atom stereocenters. The third-order valence-electron chi connectivity index (χ3n) is 9.20. The monoisotopic (exact) mass is 528 g/mol. The van der Waals surface area contributed by atoms with Crippen LogP contribution in [0, 0.1) is 10.8 Å². The summed E-state index contributed by atoms with van der Waals surface area (Å²) in [4.78, 5) is 40.0. The van der Waals surface area contributed by atoms with Crippen LogP contribution in [0.1, 0.15) is 78.0 Å². The Hall–Kier alpha value is -3.51. The third-order valence-corrected chi connectivity index (χ3v) is 9.20. The van der Waals surface area contributed by atoms with Gasteiger partial charge in [0.25, 0.3) is 0 Å². The maximum Gasteiger partial charge on any atom is 0.206 e. The number of rotatable bonds is 2. The highest BCUT2D eigenvalue weighted by atomic mass is 16.3. The van der Waals surface area contributed by atoms with E-state index in [-0.39, 0.29) is 40.7 Å². The first-order valence-electron chi connectivity index (χ1n) is 13.4. The van der Waals surface area contributed by atoms with Gasteiger partial charge in [0, 0.05) is 16.4 Å². The second-order valence-corrected chi connectivity index (χ2v) is 13.3. The van der Waals surface area contributed by atoms with E-state index in [0.717, 1.165) is 11.1 Å². The van der Waals surface area contributed by atoms with E-state index in [1.165, 1.54) is 18.6 Å². The summed E-state index contributed by atoms with van der Waals surface area (Å²) >= 11 is 0. The van der Waals surface area contributed by atoms with Crippen molar-refractivity contribution in [3.63, 3.8) is 0 Å². The molecule has 204 valence electrons. The Morgan fingerprint density at radius 2 is 1.54 bits per heavy atom. The minimum absolute atomic E-state index is 0.0166. The molecule has 0 heterocycles. The van der Waals surface area contributed by atoms with Crippen molar-refractivity contribution in [2.75, 3.05) is 0 Å². The summed E-state index contributed by atoms with van der Waals surface area (Å²) in [6.07, 6.45) is 0.751. The van der Waals surface area contributed by atoms with E-state index >= 15 is 0 Å². The molecular weight excluding hydrogens is 492 g/mol. The molecule has 0 aliphatic heterocycles. The van der Waals surface area contributed by atoms with Crippen LogP contribution in [-0.4, -0.2) is 38.3 Å². The number of Topliss-reactive ketones (excluding diaryl/α,β-unsaturated/α-hetero) is 3. The van der Waals surface area contributed by atoms with Gasteiger partial charge in [-0.15, -0.1) is 0 Å². The van der Waals surface area contributed by atoms with Gasteiger partial charge >= 0.3 is 0 Å². The van der Waals surface area contributed by atoms with E-state index in [9.17, 15) is 29.7 Å². The molecule has 1 fully saturated rings. The fourth-order valence-corrected chi connectivity index (χ4v) is 7.45. The molecule has 39 heavy (non-hydrogen) atoms. The molecule has 0 amide bonds. The minimum atomic E-state index is -2.48. The number of aliphatic hydroxyl groups is 2. The molecular formula is C33H36O6. The van der Waals surface area contributed by atoms with Crippen LogP contribution in [0.2, 0.25) is 0 Å².